The summed E-state index contributed by atoms with van der Waals surface area (Å²) in [6.45, 7) is 6.51. The number of likely N-dealkylation sites (tertiary alicyclic amines) is 1. The zero-order valence-corrected chi connectivity index (χ0v) is 16.2. The van der Waals surface area contributed by atoms with Gasteiger partial charge in [-0.25, -0.2) is 0 Å². The Morgan fingerprint density at radius 1 is 0.917 bits per heavy atom. The fraction of sp³-hybridized carbons (Fsp3) is 0.773. The van der Waals surface area contributed by atoms with E-state index in [1.807, 2.05) is 4.90 Å². The van der Waals surface area contributed by atoms with Gasteiger partial charge in [0, 0.05) is 19.5 Å². The molecule has 138 valence electrons. The van der Waals surface area contributed by atoms with Crippen LogP contribution < -0.4 is 0 Å². The monoisotopic (exact) mass is 333 g/mol. The Morgan fingerprint density at radius 3 is 2.38 bits per heavy atom. The quantitative estimate of drug-likeness (QED) is 0.281. The molecule has 1 heterocycles. The molecule has 1 amide bonds. The summed E-state index contributed by atoms with van der Waals surface area (Å²) in [7, 11) is 0. The van der Waals surface area contributed by atoms with Crippen molar-refractivity contribution in [2.24, 2.45) is 0 Å². The Kier molecular flexibility index (Phi) is 12.5. The fourth-order valence-corrected chi connectivity index (χ4v) is 3.26. The first-order valence-corrected chi connectivity index (χ1v) is 10.3. The van der Waals surface area contributed by atoms with E-state index in [9.17, 15) is 4.79 Å². The highest BCUT2D eigenvalue weighted by atomic mass is 16.2. The van der Waals surface area contributed by atoms with Crippen LogP contribution in [0, 0.1) is 0 Å². The van der Waals surface area contributed by atoms with E-state index < -0.39 is 0 Å². The van der Waals surface area contributed by atoms with E-state index in [4.69, 9.17) is 0 Å². The molecule has 1 aliphatic rings. The van der Waals surface area contributed by atoms with Gasteiger partial charge in [-0.15, -0.1) is 0 Å². The van der Waals surface area contributed by atoms with Crippen LogP contribution in [0.1, 0.15) is 97.3 Å². The molecule has 0 atom stereocenters. The van der Waals surface area contributed by atoms with E-state index in [1.54, 1.807) is 0 Å². The van der Waals surface area contributed by atoms with E-state index in [-0.39, 0.29) is 0 Å². The molecule has 1 fully saturated rings. The first-order valence-electron chi connectivity index (χ1n) is 10.3. The van der Waals surface area contributed by atoms with E-state index in [0.29, 0.717) is 5.91 Å². The number of hydrogen-bond acceptors (Lipinski definition) is 1. The molecule has 2 nitrogen and oxygen atoms in total. The molecular formula is C22H39NO. The second-order valence-corrected chi connectivity index (χ2v) is 7.26. The van der Waals surface area contributed by atoms with Gasteiger partial charge in [-0.2, -0.15) is 0 Å². The second kappa shape index (κ2) is 14.3. The zero-order valence-electron chi connectivity index (χ0n) is 16.2. The number of allylic oxidation sites excluding steroid dienone is 4. The lowest BCUT2D eigenvalue weighted by atomic mass is 10.1. The van der Waals surface area contributed by atoms with Gasteiger partial charge in [0.05, 0.1) is 0 Å². The van der Waals surface area contributed by atoms with Crippen molar-refractivity contribution in [1.82, 2.24) is 4.90 Å². The van der Waals surface area contributed by atoms with Crippen molar-refractivity contribution in [3.05, 3.63) is 23.8 Å². The fourth-order valence-electron chi connectivity index (χ4n) is 3.26. The largest absolute Gasteiger partial charge is 0.343 e. The average molecular weight is 334 g/mol. The summed E-state index contributed by atoms with van der Waals surface area (Å²) >= 11 is 0. The maximum atomic E-state index is 11.9. The van der Waals surface area contributed by atoms with Gasteiger partial charge in [0.15, 0.2) is 0 Å². The van der Waals surface area contributed by atoms with E-state index in [2.05, 4.69) is 32.1 Å². The summed E-state index contributed by atoms with van der Waals surface area (Å²) in [5.41, 5.74) is 1.53. The zero-order chi connectivity index (χ0) is 17.5. The summed E-state index contributed by atoms with van der Waals surface area (Å²) in [4.78, 5) is 13.9. The summed E-state index contributed by atoms with van der Waals surface area (Å²) < 4.78 is 0. The van der Waals surface area contributed by atoms with Gasteiger partial charge in [0.1, 0.15) is 0 Å². The number of unbranched alkanes of at least 4 members (excludes halogenated alkanes) is 6. The van der Waals surface area contributed by atoms with Crippen molar-refractivity contribution in [1.29, 1.82) is 0 Å². The van der Waals surface area contributed by atoms with Crippen LogP contribution in [0.15, 0.2) is 23.8 Å². The number of carbonyl (C=O) groups is 1. The molecule has 0 radical (unpaired) electrons. The van der Waals surface area contributed by atoms with Crippen molar-refractivity contribution in [3.8, 4) is 0 Å². The number of hydrogen-bond donors (Lipinski definition) is 0. The third-order valence-electron chi connectivity index (χ3n) is 4.91. The lowest BCUT2D eigenvalue weighted by Crippen LogP contribution is -2.27. The van der Waals surface area contributed by atoms with Gasteiger partial charge >= 0.3 is 0 Å². The number of rotatable bonds is 13. The van der Waals surface area contributed by atoms with Crippen LogP contribution in [0.25, 0.3) is 0 Å². The van der Waals surface area contributed by atoms with Gasteiger partial charge in [-0.05, 0) is 58.3 Å². The maximum absolute atomic E-state index is 11.9. The van der Waals surface area contributed by atoms with Gasteiger partial charge in [-0.1, -0.05) is 56.4 Å². The third-order valence-corrected chi connectivity index (χ3v) is 4.91. The van der Waals surface area contributed by atoms with Gasteiger partial charge in [0.25, 0.3) is 0 Å². The SMILES string of the molecule is CCCCCCCC(C)=CCC=CCCCCC(=O)N1CCCC1. The molecule has 0 saturated carbocycles. The molecule has 1 rings (SSSR count). The Hall–Kier alpha value is -1.05. The predicted molar refractivity (Wildman–Crippen MR) is 105 cm³/mol. The normalized spacial score (nSPS) is 15.6. The summed E-state index contributed by atoms with van der Waals surface area (Å²) in [6.07, 6.45) is 22.5. The third kappa shape index (κ3) is 10.7. The molecule has 0 bridgehead atoms. The molecule has 0 aromatic rings. The molecular weight excluding hydrogens is 294 g/mol. The van der Waals surface area contributed by atoms with Crippen molar-refractivity contribution in [2.75, 3.05) is 13.1 Å². The minimum atomic E-state index is 0.369. The predicted octanol–water partition coefficient (Wildman–Crippen LogP) is 6.42. The summed E-state index contributed by atoms with van der Waals surface area (Å²) in [5, 5.41) is 0. The first kappa shape index (κ1) is 21.0. The molecule has 1 saturated heterocycles. The highest BCUT2D eigenvalue weighted by Crippen LogP contribution is 2.12. The summed E-state index contributed by atoms with van der Waals surface area (Å²) in [5.74, 6) is 0.369. The Morgan fingerprint density at radius 2 is 1.62 bits per heavy atom. The Balaban J connectivity index is 1.94. The average Bonchev–Trinajstić information content (AvgIpc) is 3.11. The number of carbonyl (C=O) groups excluding carboxylic acids is 1. The standard InChI is InChI=1S/C22H39NO/c1-3-4-5-8-11-16-21(2)17-12-9-6-7-10-13-18-22(24)23-19-14-15-20-23/h6,9,17H,3-5,7-8,10-16,18-20H2,1-2H3. The first-order chi connectivity index (χ1) is 11.7. The highest BCUT2D eigenvalue weighted by molar-refractivity contribution is 5.76. The van der Waals surface area contributed by atoms with Crippen LogP contribution in [-0.4, -0.2) is 23.9 Å². The molecule has 0 N–H and O–H groups in total. The van der Waals surface area contributed by atoms with Crippen molar-refractivity contribution in [3.63, 3.8) is 0 Å². The van der Waals surface area contributed by atoms with Crippen LogP contribution in [0.2, 0.25) is 0 Å². The number of nitrogens with zero attached hydrogens (tertiary/aromatic N) is 1. The Bertz CT molecular complexity index is 377. The molecule has 0 unspecified atom stereocenters. The van der Waals surface area contributed by atoms with E-state index in [0.717, 1.165) is 45.2 Å². The minimum Gasteiger partial charge on any atom is -0.343 e. The van der Waals surface area contributed by atoms with Crippen LogP contribution in [0.5, 0.6) is 0 Å². The molecule has 0 aliphatic carbocycles. The van der Waals surface area contributed by atoms with Gasteiger partial charge < -0.3 is 4.90 Å². The second-order valence-electron chi connectivity index (χ2n) is 7.26. The maximum Gasteiger partial charge on any atom is 0.222 e. The Labute approximate surface area is 150 Å². The molecule has 0 spiro atoms. The highest BCUT2D eigenvalue weighted by Gasteiger charge is 2.16. The van der Waals surface area contributed by atoms with Crippen LogP contribution in [-0.2, 0) is 4.79 Å². The molecule has 2 heteroatoms. The smallest absolute Gasteiger partial charge is 0.222 e. The van der Waals surface area contributed by atoms with Crippen LogP contribution in [0.3, 0.4) is 0 Å². The van der Waals surface area contributed by atoms with Gasteiger partial charge in [0.2, 0.25) is 5.91 Å². The molecule has 24 heavy (non-hydrogen) atoms. The van der Waals surface area contributed by atoms with E-state index in [1.165, 1.54) is 56.9 Å². The van der Waals surface area contributed by atoms with Crippen molar-refractivity contribution < 1.29 is 4.79 Å². The van der Waals surface area contributed by atoms with Gasteiger partial charge in [-0.3, -0.25) is 4.79 Å². The molecule has 0 aromatic heterocycles. The topological polar surface area (TPSA) is 20.3 Å². The minimum absolute atomic E-state index is 0.369. The lowest BCUT2D eigenvalue weighted by molar-refractivity contribution is -0.130. The van der Waals surface area contributed by atoms with Crippen molar-refractivity contribution in [2.45, 2.75) is 97.3 Å². The molecule has 1 aliphatic heterocycles. The number of amides is 1. The van der Waals surface area contributed by atoms with Crippen LogP contribution >= 0.6 is 0 Å². The molecule has 0 aromatic carbocycles. The van der Waals surface area contributed by atoms with Crippen molar-refractivity contribution >= 4 is 5.91 Å². The summed E-state index contributed by atoms with van der Waals surface area (Å²) in [6, 6.07) is 0. The lowest BCUT2D eigenvalue weighted by Gasteiger charge is -2.14. The van der Waals surface area contributed by atoms with Crippen LogP contribution in [0.4, 0.5) is 0 Å². The van der Waals surface area contributed by atoms with E-state index >= 15 is 0 Å².